The Hall–Kier alpha value is -1.05. The van der Waals surface area contributed by atoms with Crippen molar-refractivity contribution in [2.45, 2.75) is 19.8 Å². The molecule has 0 bridgehead atoms. The van der Waals surface area contributed by atoms with E-state index in [4.69, 9.17) is 0 Å². The molecule has 2 nitrogen and oxygen atoms in total. The number of nitrogens with zero attached hydrogens (tertiary/aromatic N) is 2. The molecule has 0 aromatic rings. The second-order valence-corrected chi connectivity index (χ2v) is 2.99. The number of hydrazone groups is 1. The third-order valence-electron chi connectivity index (χ3n) is 2.22. The summed E-state index contributed by atoms with van der Waals surface area (Å²) in [6.45, 7) is 5.91. The van der Waals surface area contributed by atoms with Crippen LogP contribution < -0.4 is 0 Å². The lowest BCUT2D eigenvalue weighted by Crippen LogP contribution is -2.23. The van der Waals surface area contributed by atoms with Gasteiger partial charge in [0.15, 0.2) is 0 Å². The second kappa shape index (κ2) is 4.10. The molecule has 0 aromatic carbocycles. The van der Waals surface area contributed by atoms with Crippen molar-refractivity contribution in [1.82, 2.24) is 5.01 Å². The zero-order chi connectivity index (χ0) is 8.97. The molecule has 0 aliphatic carbocycles. The summed E-state index contributed by atoms with van der Waals surface area (Å²) in [5, 5.41) is 6.15. The third-order valence-corrected chi connectivity index (χ3v) is 2.22. The molecule has 1 rings (SSSR count). The molecule has 66 valence electrons. The fraction of sp³-hybridized carbons (Fsp3) is 0.500. The zero-order valence-corrected chi connectivity index (χ0v) is 7.83. The number of allylic oxidation sites excluding steroid dienone is 3. The predicted octanol–water partition coefficient (Wildman–Crippen LogP) is 2.40. The van der Waals surface area contributed by atoms with Gasteiger partial charge in [-0.3, -0.25) is 5.01 Å². The Morgan fingerprint density at radius 1 is 1.83 bits per heavy atom. The molecule has 1 atom stereocenters. The zero-order valence-electron chi connectivity index (χ0n) is 7.83. The van der Waals surface area contributed by atoms with Crippen LogP contribution in [0, 0.1) is 5.92 Å². The van der Waals surface area contributed by atoms with Gasteiger partial charge in [-0.25, -0.2) is 0 Å². The van der Waals surface area contributed by atoms with Crippen LogP contribution in [0.1, 0.15) is 19.8 Å². The first-order chi connectivity index (χ1) is 5.79. The van der Waals surface area contributed by atoms with E-state index in [2.05, 4.69) is 18.6 Å². The van der Waals surface area contributed by atoms with E-state index in [0.717, 1.165) is 12.8 Å². The fourth-order valence-electron chi connectivity index (χ4n) is 1.49. The van der Waals surface area contributed by atoms with Crippen molar-refractivity contribution in [2.75, 3.05) is 7.05 Å². The fourth-order valence-corrected chi connectivity index (χ4v) is 1.49. The first-order valence-electron chi connectivity index (χ1n) is 4.38. The van der Waals surface area contributed by atoms with Crippen molar-refractivity contribution in [3.8, 4) is 0 Å². The Labute approximate surface area is 74.3 Å². The van der Waals surface area contributed by atoms with Gasteiger partial charge in [-0.2, -0.15) is 5.10 Å². The minimum Gasteiger partial charge on any atom is -0.273 e. The molecule has 0 spiro atoms. The van der Waals surface area contributed by atoms with Crippen molar-refractivity contribution in [3.63, 3.8) is 0 Å². The summed E-state index contributed by atoms with van der Waals surface area (Å²) in [4.78, 5) is 0. The summed E-state index contributed by atoms with van der Waals surface area (Å²) >= 11 is 0. The van der Waals surface area contributed by atoms with Gasteiger partial charge in [0.2, 0.25) is 0 Å². The van der Waals surface area contributed by atoms with Crippen LogP contribution in [0.3, 0.4) is 0 Å². The molecule has 0 unspecified atom stereocenters. The van der Waals surface area contributed by atoms with Crippen LogP contribution in [0.25, 0.3) is 0 Å². The molecule has 0 N–H and O–H groups in total. The lowest BCUT2D eigenvalue weighted by Gasteiger charge is -2.27. The predicted molar refractivity (Wildman–Crippen MR) is 52.9 cm³/mol. The van der Waals surface area contributed by atoms with Crippen molar-refractivity contribution >= 4 is 6.21 Å². The first kappa shape index (κ1) is 9.04. The van der Waals surface area contributed by atoms with E-state index in [9.17, 15) is 0 Å². The minimum absolute atomic E-state index is 0.616. The molecule has 1 aliphatic heterocycles. The Balaban J connectivity index is 2.83. The summed E-state index contributed by atoms with van der Waals surface area (Å²) in [5.41, 5.74) is 1.27. The molecule has 1 heterocycles. The van der Waals surface area contributed by atoms with Gasteiger partial charge in [-0.15, -0.1) is 0 Å². The number of hydrogen-bond donors (Lipinski definition) is 0. The van der Waals surface area contributed by atoms with Gasteiger partial charge in [0.25, 0.3) is 0 Å². The maximum atomic E-state index is 4.22. The van der Waals surface area contributed by atoms with Crippen LogP contribution in [-0.4, -0.2) is 18.3 Å². The van der Waals surface area contributed by atoms with Crippen molar-refractivity contribution in [2.24, 2.45) is 11.0 Å². The topological polar surface area (TPSA) is 15.6 Å². The van der Waals surface area contributed by atoms with E-state index in [1.165, 1.54) is 5.70 Å². The molecule has 0 amide bonds. The Kier molecular flexibility index (Phi) is 3.09. The maximum Gasteiger partial charge on any atom is 0.0398 e. The normalized spacial score (nSPS) is 26.3. The van der Waals surface area contributed by atoms with E-state index < -0.39 is 0 Å². The number of rotatable bonds is 2. The Bertz CT molecular complexity index is 216. The average Bonchev–Trinajstić information content (AvgIpc) is 2.09. The summed E-state index contributed by atoms with van der Waals surface area (Å²) in [6, 6.07) is 0. The van der Waals surface area contributed by atoms with E-state index >= 15 is 0 Å². The van der Waals surface area contributed by atoms with Gasteiger partial charge in [-0.1, -0.05) is 19.6 Å². The second-order valence-electron chi connectivity index (χ2n) is 2.99. The summed E-state index contributed by atoms with van der Waals surface area (Å²) in [6.07, 6.45) is 8.07. The SMILES string of the molecule is C=C/C=C1/[C@H](CC)CC=NN1C. The highest BCUT2D eigenvalue weighted by molar-refractivity contribution is 5.59. The summed E-state index contributed by atoms with van der Waals surface area (Å²) in [7, 11) is 1.98. The molecule has 12 heavy (non-hydrogen) atoms. The lowest BCUT2D eigenvalue weighted by molar-refractivity contribution is 0.354. The van der Waals surface area contributed by atoms with Crippen LogP contribution in [0.5, 0.6) is 0 Å². The smallest absolute Gasteiger partial charge is 0.0398 e. The van der Waals surface area contributed by atoms with E-state index in [1.807, 2.05) is 30.4 Å². The van der Waals surface area contributed by atoms with E-state index in [1.54, 1.807) is 0 Å². The highest BCUT2D eigenvalue weighted by Gasteiger charge is 2.17. The monoisotopic (exact) mass is 164 g/mol. The van der Waals surface area contributed by atoms with Crippen molar-refractivity contribution in [3.05, 3.63) is 24.4 Å². The molecule has 0 saturated heterocycles. The largest absolute Gasteiger partial charge is 0.273 e. The molecule has 2 heteroatoms. The van der Waals surface area contributed by atoms with Gasteiger partial charge >= 0.3 is 0 Å². The Morgan fingerprint density at radius 3 is 3.17 bits per heavy atom. The standard InChI is InChI=1S/C10H16N2/c1-4-6-10-9(5-2)7-8-11-12(10)3/h4,6,8-9H,1,5,7H2,2-3H3/b10-6-/t9-/m1/s1. The summed E-state index contributed by atoms with van der Waals surface area (Å²) in [5.74, 6) is 0.616. The van der Waals surface area contributed by atoms with Crippen LogP contribution >= 0.6 is 0 Å². The van der Waals surface area contributed by atoms with Gasteiger partial charge < -0.3 is 0 Å². The highest BCUT2D eigenvalue weighted by Crippen LogP contribution is 2.24. The molecule has 0 radical (unpaired) electrons. The number of hydrogen-bond acceptors (Lipinski definition) is 2. The van der Waals surface area contributed by atoms with E-state index in [0.29, 0.717) is 5.92 Å². The molecule has 0 aromatic heterocycles. The molecule has 0 fully saturated rings. The van der Waals surface area contributed by atoms with Gasteiger partial charge in [0, 0.05) is 24.9 Å². The Morgan fingerprint density at radius 2 is 2.58 bits per heavy atom. The van der Waals surface area contributed by atoms with Crippen LogP contribution in [0.15, 0.2) is 29.5 Å². The van der Waals surface area contributed by atoms with Gasteiger partial charge in [0.1, 0.15) is 0 Å². The first-order valence-corrected chi connectivity index (χ1v) is 4.38. The third kappa shape index (κ3) is 1.76. The van der Waals surface area contributed by atoms with Crippen LogP contribution in [0.4, 0.5) is 0 Å². The van der Waals surface area contributed by atoms with Crippen LogP contribution in [0.2, 0.25) is 0 Å². The summed E-state index contributed by atoms with van der Waals surface area (Å²) < 4.78 is 0. The van der Waals surface area contributed by atoms with Crippen LogP contribution in [-0.2, 0) is 0 Å². The molecule has 0 saturated carbocycles. The van der Waals surface area contributed by atoms with Gasteiger partial charge in [-0.05, 0) is 18.9 Å². The molecule has 1 aliphatic rings. The average molecular weight is 164 g/mol. The molecular weight excluding hydrogens is 148 g/mol. The highest BCUT2D eigenvalue weighted by atomic mass is 15.4. The quantitative estimate of drug-likeness (QED) is 0.612. The van der Waals surface area contributed by atoms with E-state index in [-0.39, 0.29) is 0 Å². The minimum atomic E-state index is 0.616. The van der Waals surface area contributed by atoms with Crippen molar-refractivity contribution in [1.29, 1.82) is 0 Å². The van der Waals surface area contributed by atoms with Gasteiger partial charge in [0.05, 0.1) is 0 Å². The molecular formula is C10H16N2. The van der Waals surface area contributed by atoms with Crippen molar-refractivity contribution < 1.29 is 0 Å². The lowest BCUT2D eigenvalue weighted by atomic mass is 9.97. The maximum absolute atomic E-state index is 4.22.